The molecule has 110 valence electrons. The molecule has 2 N–H and O–H groups in total. The molecule has 2 rings (SSSR count). The Labute approximate surface area is 125 Å². The zero-order valence-electron chi connectivity index (χ0n) is 10.4. The number of nitrogens with two attached hydrogens (primary N) is 1. The number of carbonyl (C=O) groups is 1. The lowest BCUT2D eigenvalue weighted by Crippen LogP contribution is -2.40. The summed E-state index contributed by atoms with van der Waals surface area (Å²) in [5.74, 6) is -0.498. The Morgan fingerprint density at radius 2 is 2.30 bits per heavy atom. The van der Waals surface area contributed by atoms with Crippen molar-refractivity contribution in [2.24, 2.45) is 5.73 Å². The lowest BCUT2D eigenvalue weighted by atomic mass is 10.2. The molecule has 9 heteroatoms. The van der Waals surface area contributed by atoms with E-state index in [1.165, 1.54) is 0 Å². The fourth-order valence-electron chi connectivity index (χ4n) is 2.02. The molecule has 2 atom stereocenters. The molecule has 0 aliphatic carbocycles. The van der Waals surface area contributed by atoms with Gasteiger partial charge in [-0.25, -0.2) is 0 Å². The van der Waals surface area contributed by atoms with Gasteiger partial charge < -0.3 is 15.0 Å². The molecule has 0 radical (unpaired) electrons. The van der Waals surface area contributed by atoms with E-state index < -0.39 is 12.0 Å². The number of pyridine rings is 1. The van der Waals surface area contributed by atoms with E-state index in [9.17, 15) is 9.36 Å². The summed E-state index contributed by atoms with van der Waals surface area (Å²) in [5.41, 5.74) is 5.64. The average Bonchev–Trinajstić information content (AvgIpc) is 2.84. The van der Waals surface area contributed by atoms with E-state index >= 15 is 0 Å². The third kappa shape index (κ3) is 4.43. The Balaban J connectivity index is 1.97. The Hall–Kier alpha value is -0.650. The molecule has 1 aliphatic rings. The summed E-state index contributed by atoms with van der Waals surface area (Å²) in [5, 5.41) is 0. The van der Waals surface area contributed by atoms with Crippen LogP contribution in [0, 0.1) is 0 Å². The molecule has 0 saturated carbocycles. The molecule has 1 saturated heterocycles. The minimum atomic E-state index is -3.53. The van der Waals surface area contributed by atoms with E-state index in [0.29, 0.717) is 12.0 Å². The summed E-state index contributed by atoms with van der Waals surface area (Å²) < 4.78 is 23.4. The monoisotopic (exact) mass is 339 g/mol. The summed E-state index contributed by atoms with van der Waals surface area (Å²) in [7, 11) is 0. The molecule has 0 aromatic carbocycles. The van der Waals surface area contributed by atoms with Gasteiger partial charge in [0.25, 0.3) is 12.1 Å². The minimum absolute atomic E-state index is 0.0663. The van der Waals surface area contributed by atoms with Gasteiger partial charge in [-0.2, -0.15) is 4.57 Å². The number of hydrogen-bond acceptors (Lipinski definition) is 4. The van der Waals surface area contributed by atoms with Gasteiger partial charge in [-0.05, 0) is 35.0 Å². The number of aromatic nitrogens is 1. The van der Waals surface area contributed by atoms with Crippen LogP contribution in [0.25, 0.3) is 0 Å². The number of primary amides is 1. The fourth-order valence-corrected chi connectivity index (χ4v) is 2.69. The number of nitrogens with zero attached hydrogens (tertiary/aromatic N) is 1. The van der Waals surface area contributed by atoms with E-state index in [1.54, 1.807) is 29.1 Å². The highest BCUT2D eigenvalue weighted by Gasteiger charge is 2.33. The predicted octanol–water partition coefficient (Wildman–Crippen LogP) is 2.35. The summed E-state index contributed by atoms with van der Waals surface area (Å²) >= 11 is 10.6. The highest BCUT2D eigenvalue weighted by atomic mass is 35.9. The van der Waals surface area contributed by atoms with Crippen molar-refractivity contribution in [3.05, 3.63) is 30.1 Å². The van der Waals surface area contributed by atoms with E-state index in [4.69, 9.17) is 37.5 Å². The summed E-state index contributed by atoms with van der Waals surface area (Å²) in [6, 6.07) is 3.35. The Bertz CT molecular complexity index is 551. The van der Waals surface area contributed by atoms with Crippen LogP contribution in [0.2, 0.25) is 0 Å². The van der Waals surface area contributed by atoms with E-state index in [2.05, 4.69) is 0 Å². The molecule has 0 spiro atoms. The number of carbonyl (C=O) groups excluding carboxylic acids is 1. The Morgan fingerprint density at radius 1 is 1.55 bits per heavy atom. The van der Waals surface area contributed by atoms with Crippen LogP contribution in [0.1, 0.15) is 29.4 Å². The Morgan fingerprint density at radius 3 is 2.95 bits per heavy atom. The average molecular weight is 340 g/mol. The molecule has 1 amide bonds. The van der Waals surface area contributed by atoms with Crippen LogP contribution in [-0.4, -0.2) is 18.6 Å². The standard InChI is InChI=1S/C11H13Cl2N2O4P/c12-20(13,17)18-7-9-3-4-10(19-9)15-5-1-2-8(6-15)11(14)16/h1-2,5-6,9-10H,3-4,7H2,(H-,14,16)/p+1. The number of rotatable bonds is 5. The Kier molecular flexibility index (Phi) is 5.04. The molecule has 1 aromatic heterocycles. The largest absolute Gasteiger partial charge is 0.380 e. The van der Waals surface area contributed by atoms with Gasteiger partial charge in [0.2, 0.25) is 0 Å². The number of halogens is 2. The van der Waals surface area contributed by atoms with Crippen LogP contribution >= 0.6 is 28.6 Å². The topological polar surface area (TPSA) is 82.5 Å². The van der Waals surface area contributed by atoms with Crippen LogP contribution in [0.5, 0.6) is 0 Å². The zero-order valence-corrected chi connectivity index (χ0v) is 12.9. The summed E-state index contributed by atoms with van der Waals surface area (Å²) in [6.07, 6.45) is 0.858. The molecule has 2 unspecified atom stereocenters. The number of ether oxygens (including phenoxy) is 1. The smallest absolute Gasteiger partial charge is 0.365 e. The third-order valence-electron chi connectivity index (χ3n) is 2.94. The molecule has 20 heavy (non-hydrogen) atoms. The predicted molar refractivity (Wildman–Crippen MR) is 73.6 cm³/mol. The van der Waals surface area contributed by atoms with Crippen LogP contribution in [0.4, 0.5) is 0 Å². The third-order valence-corrected chi connectivity index (χ3v) is 3.97. The summed E-state index contributed by atoms with van der Waals surface area (Å²) in [6.45, 7) is 0.0663. The first-order valence-electron chi connectivity index (χ1n) is 5.95. The van der Waals surface area contributed by atoms with Crippen molar-refractivity contribution in [3.8, 4) is 0 Å². The van der Waals surface area contributed by atoms with Gasteiger partial charge in [0.15, 0.2) is 12.4 Å². The van der Waals surface area contributed by atoms with Crippen LogP contribution < -0.4 is 10.3 Å². The quantitative estimate of drug-likeness (QED) is 0.659. The second-order valence-corrected chi connectivity index (χ2v) is 8.68. The van der Waals surface area contributed by atoms with Crippen LogP contribution in [-0.2, 0) is 13.8 Å². The second-order valence-electron chi connectivity index (χ2n) is 4.40. The first kappa shape index (κ1) is 15.7. The van der Waals surface area contributed by atoms with Gasteiger partial charge in [0.1, 0.15) is 5.56 Å². The molecule has 0 bridgehead atoms. The van der Waals surface area contributed by atoms with E-state index in [0.717, 1.165) is 6.42 Å². The van der Waals surface area contributed by atoms with Gasteiger partial charge in [-0.15, -0.1) is 0 Å². The highest BCUT2D eigenvalue weighted by Crippen LogP contribution is 2.57. The van der Waals surface area contributed by atoms with Crippen molar-refractivity contribution in [1.29, 1.82) is 0 Å². The first-order chi connectivity index (χ1) is 9.35. The van der Waals surface area contributed by atoms with E-state index in [-0.39, 0.29) is 18.9 Å². The highest BCUT2D eigenvalue weighted by molar-refractivity contribution is 8.05. The SMILES string of the molecule is NC(=O)c1ccc[n+](C2CCC(COP(=O)(Cl)Cl)O2)c1. The maximum Gasteiger partial charge on any atom is 0.380 e. The molecule has 1 fully saturated rings. The maximum absolute atomic E-state index is 11.1. The van der Waals surface area contributed by atoms with Crippen LogP contribution in [0.3, 0.4) is 0 Å². The van der Waals surface area contributed by atoms with E-state index in [1.807, 2.05) is 0 Å². The molecular formula is C11H14Cl2N2O4P+. The van der Waals surface area contributed by atoms with Crippen molar-refractivity contribution in [2.75, 3.05) is 6.61 Å². The van der Waals surface area contributed by atoms with Crippen molar-refractivity contribution < 1.29 is 23.2 Å². The van der Waals surface area contributed by atoms with Crippen molar-refractivity contribution >= 4 is 34.5 Å². The fraction of sp³-hybridized carbons (Fsp3) is 0.455. The van der Waals surface area contributed by atoms with Gasteiger partial charge in [-0.3, -0.25) is 9.36 Å². The summed E-state index contributed by atoms with van der Waals surface area (Å²) in [4.78, 5) is 11.1. The maximum atomic E-state index is 11.1. The van der Waals surface area contributed by atoms with Crippen molar-refractivity contribution in [1.82, 2.24) is 0 Å². The van der Waals surface area contributed by atoms with Gasteiger partial charge in [0.05, 0.1) is 12.7 Å². The molecule has 1 aromatic rings. The number of hydrogen-bond donors (Lipinski definition) is 1. The number of amides is 1. The lowest BCUT2D eigenvalue weighted by Gasteiger charge is -2.11. The second kappa shape index (κ2) is 6.41. The first-order valence-corrected chi connectivity index (χ1v) is 9.38. The molecule has 2 heterocycles. The van der Waals surface area contributed by atoms with Gasteiger partial charge in [0, 0.05) is 12.5 Å². The molecular weight excluding hydrogens is 326 g/mol. The van der Waals surface area contributed by atoms with Crippen LogP contribution in [0.15, 0.2) is 24.5 Å². The van der Waals surface area contributed by atoms with Gasteiger partial charge in [-0.1, -0.05) is 0 Å². The van der Waals surface area contributed by atoms with Crippen molar-refractivity contribution in [2.45, 2.75) is 25.2 Å². The zero-order chi connectivity index (χ0) is 14.8. The lowest BCUT2D eigenvalue weighted by molar-refractivity contribution is -0.759. The molecule has 6 nitrogen and oxygen atoms in total. The normalized spacial score (nSPS) is 22.9. The van der Waals surface area contributed by atoms with Gasteiger partial charge >= 0.3 is 6.07 Å². The molecule has 1 aliphatic heterocycles. The van der Waals surface area contributed by atoms with Crippen molar-refractivity contribution in [3.63, 3.8) is 0 Å². The minimum Gasteiger partial charge on any atom is -0.365 e.